The van der Waals surface area contributed by atoms with Crippen LogP contribution in [0.3, 0.4) is 0 Å². The van der Waals surface area contributed by atoms with Crippen LogP contribution in [-0.2, 0) is 5.75 Å². The SMILES string of the molecule is CC(C)c1cc(-c2nnc(SCc3ccccn3)n2-c2ccccc2)c(O)cc1O. The molecule has 0 aliphatic rings. The van der Waals surface area contributed by atoms with Crippen LogP contribution < -0.4 is 0 Å². The van der Waals surface area contributed by atoms with Crippen molar-refractivity contribution in [2.24, 2.45) is 0 Å². The molecular formula is C23H22N4O2S. The van der Waals surface area contributed by atoms with Crippen LogP contribution in [-0.4, -0.2) is 30.0 Å². The third-order valence-electron chi connectivity index (χ3n) is 4.73. The van der Waals surface area contributed by atoms with E-state index in [1.807, 2.05) is 66.9 Å². The first-order chi connectivity index (χ1) is 14.5. The summed E-state index contributed by atoms with van der Waals surface area (Å²) in [6, 6.07) is 18.8. The number of hydrogen-bond acceptors (Lipinski definition) is 6. The maximum atomic E-state index is 10.6. The molecule has 7 heteroatoms. The molecule has 0 unspecified atom stereocenters. The normalized spacial score (nSPS) is 11.2. The van der Waals surface area contributed by atoms with Crippen molar-refractivity contribution in [3.05, 3.63) is 78.1 Å². The second kappa shape index (κ2) is 8.59. The van der Waals surface area contributed by atoms with Gasteiger partial charge in [-0.05, 0) is 41.8 Å². The largest absolute Gasteiger partial charge is 0.508 e. The summed E-state index contributed by atoms with van der Waals surface area (Å²) >= 11 is 1.53. The fourth-order valence-electron chi connectivity index (χ4n) is 3.21. The number of aromatic hydroxyl groups is 2. The van der Waals surface area contributed by atoms with E-state index in [4.69, 9.17) is 0 Å². The molecule has 4 aromatic rings. The minimum absolute atomic E-state index is 0.0391. The number of para-hydroxylation sites is 1. The van der Waals surface area contributed by atoms with E-state index >= 15 is 0 Å². The fraction of sp³-hybridized carbons (Fsp3) is 0.174. The van der Waals surface area contributed by atoms with Gasteiger partial charge in [-0.25, -0.2) is 0 Å². The molecule has 152 valence electrons. The predicted octanol–water partition coefficient (Wildman–Crippen LogP) is 5.16. The van der Waals surface area contributed by atoms with Crippen LogP contribution in [0, 0.1) is 0 Å². The minimum Gasteiger partial charge on any atom is -0.508 e. The van der Waals surface area contributed by atoms with Gasteiger partial charge in [-0.2, -0.15) is 0 Å². The number of nitrogens with zero attached hydrogens (tertiary/aromatic N) is 4. The Morgan fingerprint density at radius 3 is 2.40 bits per heavy atom. The average Bonchev–Trinajstić information content (AvgIpc) is 3.17. The van der Waals surface area contributed by atoms with E-state index in [2.05, 4.69) is 15.2 Å². The van der Waals surface area contributed by atoms with E-state index < -0.39 is 0 Å². The highest BCUT2D eigenvalue weighted by molar-refractivity contribution is 7.98. The summed E-state index contributed by atoms with van der Waals surface area (Å²) in [6.07, 6.45) is 1.77. The molecule has 0 atom stereocenters. The Labute approximate surface area is 179 Å². The van der Waals surface area contributed by atoms with Crippen molar-refractivity contribution in [3.8, 4) is 28.6 Å². The molecule has 0 amide bonds. The standard InChI is InChI=1S/C23H22N4O2S/c1-15(2)18-12-19(21(29)13-20(18)28)22-25-26-23(27(22)17-9-4-3-5-10-17)30-14-16-8-6-7-11-24-16/h3-13,15,28-29H,14H2,1-2H3. The van der Waals surface area contributed by atoms with Crippen molar-refractivity contribution in [3.63, 3.8) is 0 Å². The highest BCUT2D eigenvalue weighted by Gasteiger charge is 2.21. The minimum atomic E-state index is -0.0391. The highest BCUT2D eigenvalue weighted by Crippen LogP contribution is 2.39. The topological polar surface area (TPSA) is 84.1 Å². The third-order valence-corrected chi connectivity index (χ3v) is 5.69. The van der Waals surface area contributed by atoms with Crippen LogP contribution in [0.4, 0.5) is 0 Å². The van der Waals surface area contributed by atoms with Crippen molar-refractivity contribution < 1.29 is 10.2 Å². The van der Waals surface area contributed by atoms with Gasteiger partial charge in [0.05, 0.1) is 11.3 Å². The van der Waals surface area contributed by atoms with E-state index in [1.54, 1.807) is 12.3 Å². The van der Waals surface area contributed by atoms with Crippen LogP contribution in [0.5, 0.6) is 11.5 Å². The second-order valence-electron chi connectivity index (χ2n) is 7.17. The first-order valence-corrected chi connectivity index (χ1v) is 10.6. The van der Waals surface area contributed by atoms with Crippen LogP contribution in [0.1, 0.15) is 31.0 Å². The molecule has 0 fully saturated rings. The molecule has 2 aromatic carbocycles. The van der Waals surface area contributed by atoms with Gasteiger partial charge in [0.25, 0.3) is 0 Å². The molecule has 2 aromatic heterocycles. The van der Waals surface area contributed by atoms with Crippen molar-refractivity contribution in [2.75, 3.05) is 0 Å². The number of thioether (sulfide) groups is 1. The van der Waals surface area contributed by atoms with E-state index in [-0.39, 0.29) is 17.4 Å². The summed E-state index contributed by atoms with van der Waals surface area (Å²) in [5.74, 6) is 1.29. The molecule has 0 saturated heterocycles. The molecule has 4 rings (SSSR count). The van der Waals surface area contributed by atoms with E-state index in [0.717, 1.165) is 16.9 Å². The maximum Gasteiger partial charge on any atom is 0.196 e. The molecule has 0 aliphatic heterocycles. The summed E-state index contributed by atoms with van der Waals surface area (Å²) in [4.78, 5) is 4.37. The maximum absolute atomic E-state index is 10.6. The highest BCUT2D eigenvalue weighted by atomic mass is 32.2. The zero-order valence-corrected chi connectivity index (χ0v) is 17.5. The number of benzene rings is 2. The van der Waals surface area contributed by atoms with Crippen molar-refractivity contribution in [1.29, 1.82) is 0 Å². The lowest BCUT2D eigenvalue weighted by Gasteiger charge is -2.14. The van der Waals surface area contributed by atoms with Crippen molar-refractivity contribution >= 4 is 11.8 Å². The van der Waals surface area contributed by atoms with Crippen molar-refractivity contribution in [1.82, 2.24) is 19.7 Å². The summed E-state index contributed by atoms with van der Waals surface area (Å²) in [6.45, 7) is 3.98. The summed E-state index contributed by atoms with van der Waals surface area (Å²) in [7, 11) is 0. The van der Waals surface area contributed by atoms with Gasteiger partial charge in [-0.1, -0.05) is 49.9 Å². The number of phenolic OH excluding ortho intramolecular Hbond substituents is 2. The quantitative estimate of drug-likeness (QED) is 0.421. The Morgan fingerprint density at radius 1 is 0.933 bits per heavy atom. The van der Waals surface area contributed by atoms with Gasteiger partial charge in [-0.3, -0.25) is 9.55 Å². The number of hydrogen-bond donors (Lipinski definition) is 2. The Kier molecular flexibility index (Phi) is 5.72. The molecule has 2 heterocycles. The fourth-order valence-corrected chi connectivity index (χ4v) is 4.07. The Balaban J connectivity index is 1.81. The van der Waals surface area contributed by atoms with E-state index in [1.165, 1.54) is 17.8 Å². The lowest BCUT2D eigenvalue weighted by atomic mass is 9.98. The second-order valence-corrected chi connectivity index (χ2v) is 8.11. The van der Waals surface area contributed by atoms with Crippen LogP contribution in [0.15, 0.2) is 72.0 Å². The smallest absolute Gasteiger partial charge is 0.196 e. The van der Waals surface area contributed by atoms with E-state index in [9.17, 15) is 10.2 Å². The van der Waals surface area contributed by atoms with Crippen LogP contribution in [0.2, 0.25) is 0 Å². The molecular weight excluding hydrogens is 396 g/mol. The van der Waals surface area contributed by atoms with Gasteiger partial charge in [-0.15, -0.1) is 10.2 Å². The Bertz CT molecular complexity index is 1140. The predicted molar refractivity (Wildman–Crippen MR) is 118 cm³/mol. The lowest BCUT2D eigenvalue weighted by Crippen LogP contribution is -2.01. The van der Waals surface area contributed by atoms with Gasteiger partial charge in [0.1, 0.15) is 11.5 Å². The molecule has 30 heavy (non-hydrogen) atoms. The average molecular weight is 419 g/mol. The number of rotatable bonds is 6. The molecule has 2 N–H and O–H groups in total. The lowest BCUT2D eigenvalue weighted by molar-refractivity contribution is 0.444. The van der Waals surface area contributed by atoms with Gasteiger partial charge in [0, 0.05) is 23.7 Å². The number of aromatic nitrogens is 4. The Hall–Kier alpha value is -3.32. The molecule has 0 aliphatic carbocycles. The summed E-state index contributed by atoms with van der Waals surface area (Å²) < 4.78 is 1.92. The van der Waals surface area contributed by atoms with Crippen LogP contribution >= 0.6 is 11.8 Å². The van der Waals surface area contributed by atoms with Crippen LogP contribution in [0.25, 0.3) is 17.1 Å². The molecule has 0 spiro atoms. The number of pyridine rings is 1. The zero-order chi connectivity index (χ0) is 21.1. The zero-order valence-electron chi connectivity index (χ0n) is 16.7. The summed E-state index contributed by atoms with van der Waals surface area (Å²) in [5.41, 5.74) is 3.10. The van der Waals surface area contributed by atoms with Gasteiger partial charge < -0.3 is 10.2 Å². The van der Waals surface area contributed by atoms with Gasteiger partial charge in [0.15, 0.2) is 11.0 Å². The van der Waals surface area contributed by atoms with Gasteiger partial charge >= 0.3 is 0 Å². The molecule has 0 bridgehead atoms. The first-order valence-electron chi connectivity index (χ1n) is 9.64. The molecule has 6 nitrogen and oxygen atoms in total. The first kappa shape index (κ1) is 20.0. The van der Waals surface area contributed by atoms with Gasteiger partial charge in [0.2, 0.25) is 0 Å². The molecule has 0 saturated carbocycles. The van der Waals surface area contributed by atoms with Crippen molar-refractivity contribution in [2.45, 2.75) is 30.7 Å². The number of phenols is 2. The molecule has 0 radical (unpaired) electrons. The summed E-state index contributed by atoms with van der Waals surface area (Å²) in [5, 5.41) is 30.3. The third kappa shape index (κ3) is 4.02. The monoisotopic (exact) mass is 418 g/mol. The van der Waals surface area contributed by atoms with E-state index in [0.29, 0.717) is 22.3 Å². The Morgan fingerprint density at radius 2 is 1.70 bits per heavy atom.